The molecule has 1 fully saturated rings. The number of aliphatic hydroxyl groups excluding tert-OH is 1. The molecule has 1 atom stereocenters. The van der Waals surface area contributed by atoms with E-state index in [1.165, 1.54) is 0 Å². The molecule has 1 saturated heterocycles. The Balaban J connectivity index is 1.97. The lowest BCUT2D eigenvalue weighted by Gasteiger charge is -2.20. The molecule has 2 rings (SSSR count). The van der Waals surface area contributed by atoms with Gasteiger partial charge in [-0.15, -0.1) is 0 Å². The molecular formula is C15H23NO3. The number of amides is 1. The van der Waals surface area contributed by atoms with Crippen LogP contribution in [0.1, 0.15) is 44.6 Å². The van der Waals surface area contributed by atoms with Crippen molar-refractivity contribution < 1.29 is 14.3 Å². The first-order valence-electron chi connectivity index (χ1n) is 7.06. The third kappa shape index (κ3) is 3.60. The van der Waals surface area contributed by atoms with E-state index in [1.54, 1.807) is 6.07 Å². The Morgan fingerprint density at radius 3 is 2.74 bits per heavy atom. The van der Waals surface area contributed by atoms with Crippen molar-refractivity contribution >= 4 is 5.91 Å². The van der Waals surface area contributed by atoms with Crippen LogP contribution < -0.4 is 0 Å². The average Bonchev–Trinajstić information content (AvgIpc) is 2.75. The van der Waals surface area contributed by atoms with Crippen LogP contribution in [0.25, 0.3) is 0 Å². The number of likely N-dealkylation sites (tertiary alicyclic amines) is 1. The number of aliphatic hydroxyl groups is 1. The fourth-order valence-electron chi connectivity index (χ4n) is 2.67. The molecule has 2 heterocycles. The van der Waals surface area contributed by atoms with Gasteiger partial charge in [0.15, 0.2) is 0 Å². The minimum absolute atomic E-state index is 0.0939. The molecule has 1 aromatic rings. The first-order valence-corrected chi connectivity index (χ1v) is 7.06. The van der Waals surface area contributed by atoms with Crippen LogP contribution in [-0.4, -0.2) is 22.5 Å². The van der Waals surface area contributed by atoms with Crippen molar-refractivity contribution in [2.24, 2.45) is 11.8 Å². The Hall–Kier alpha value is -1.29. The maximum atomic E-state index is 12.1. The Morgan fingerprint density at radius 1 is 1.37 bits per heavy atom. The Kier molecular flexibility index (Phi) is 4.64. The molecule has 0 radical (unpaired) electrons. The van der Waals surface area contributed by atoms with Crippen LogP contribution in [0.3, 0.4) is 0 Å². The van der Waals surface area contributed by atoms with Crippen molar-refractivity contribution in [2.75, 3.05) is 6.54 Å². The predicted molar refractivity (Wildman–Crippen MR) is 72.2 cm³/mol. The first-order chi connectivity index (χ1) is 9.10. The summed E-state index contributed by atoms with van der Waals surface area (Å²) in [4.78, 5) is 14.0. The summed E-state index contributed by atoms with van der Waals surface area (Å²) in [6.07, 6.45) is 2.69. The van der Waals surface area contributed by atoms with Gasteiger partial charge in [0.05, 0.1) is 6.54 Å². The highest BCUT2D eigenvalue weighted by molar-refractivity contribution is 5.76. The molecule has 0 aliphatic carbocycles. The normalized spacial score (nSPS) is 20.9. The number of furan rings is 1. The molecule has 0 saturated carbocycles. The SMILES string of the molecule is CC(C)C1CCC(=O)N(Cc2ccc(CO)o2)CC1. The fourth-order valence-corrected chi connectivity index (χ4v) is 2.67. The third-order valence-electron chi connectivity index (χ3n) is 4.01. The first kappa shape index (κ1) is 14.1. The van der Waals surface area contributed by atoms with Crippen LogP contribution in [0.4, 0.5) is 0 Å². The maximum Gasteiger partial charge on any atom is 0.222 e. The van der Waals surface area contributed by atoms with Crippen molar-refractivity contribution in [2.45, 2.75) is 46.3 Å². The van der Waals surface area contributed by atoms with E-state index in [9.17, 15) is 4.79 Å². The van der Waals surface area contributed by atoms with Gasteiger partial charge in [0, 0.05) is 13.0 Å². The molecule has 1 amide bonds. The minimum atomic E-state index is -0.0939. The monoisotopic (exact) mass is 265 g/mol. The van der Waals surface area contributed by atoms with E-state index in [2.05, 4.69) is 13.8 Å². The predicted octanol–water partition coefficient (Wildman–Crippen LogP) is 2.56. The Bertz CT molecular complexity index is 425. The van der Waals surface area contributed by atoms with Gasteiger partial charge in [0.2, 0.25) is 5.91 Å². The summed E-state index contributed by atoms with van der Waals surface area (Å²) in [6.45, 7) is 5.68. The molecule has 106 valence electrons. The molecule has 0 spiro atoms. The molecule has 19 heavy (non-hydrogen) atoms. The second-order valence-electron chi connectivity index (χ2n) is 5.67. The molecule has 0 aromatic carbocycles. The zero-order valence-corrected chi connectivity index (χ0v) is 11.8. The van der Waals surface area contributed by atoms with Gasteiger partial charge in [-0.25, -0.2) is 0 Å². The van der Waals surface area contributed by atoms with Gasteiger partial charge in [-0.2, -0.15) is 0 Å². The summed E-state index contributed by atoms with van der Waals surface area (Å²) < 4.78 is 5.46. The molecule has 4 nitrogen and oxygen atoms in total. The second-order valence-corrected chi connectivity index (χ2v) is 5.67. The zero-order chi connectivity index (χ0) is 13.8. The highest BCUT2D eigenvalue weighted by atomic mass is 16.4. The second kappa shape index (κ2) is 6.24. The van der Waals surface area contributed by atoms with Crippen molar-refractivity contribution in [1.29, 1.82) is 0 Å². The number of rotatable bonds is 4. The topological polar surface area (TPSA) is 53.7 Å². The Labute approximate surface area is 114 Å². The summed E-state index contributed by atoms with van der Waals surface area (Å²) in [7, 11) is 0. The van der Waals surface area contributed by atoms with Crippen LogP contribution in [0.5, 0.6) is 0 Å². The lowest BCUT2D eigenvalue weighted by Crippen LogP contribution is -2.29. The van der Waals surface area contributed by atoms with Gasteiger partial charge < -0.3 is 14.4 Å². The molecular weight excluding hydrogens is 242 g/mol. The molecule has 0 bridgehead atoms. The molecule has 1 aromatic heterocycles. The highest BCUT2D eigenvalue weighted by Gasteiger charge is 2.24. The number of hydrogen-bond acceptors (Lipinski definition) is 3. The van der Waals surface area contributed by atoms with E-state index in [-0.39, 0.29) is 12.5 Å². The lowest BCUT2D eigenvalue weighted by atomic mass is 9.89. The molecule has 1 unspecified atom stereocenters. The van der Waals surface area contributed by atoms with Gasteiger partial charge >= 0.3 is 0 Å². The van der Waals surface area contributed by atoms with Gasteiger partial charge in [0.25, 0.3) is 0 Å². The number of hydrogen-bond donors (Lipinski definition) is 1. The van der Waals surface area contributed by atoms with Crippen molar-refractivity contribution in [1.82, 2.24) is 4.90 Å². The van der Waals surface area contributed by atoms with Crippen molar-refractivity contribution in [3.8, 4) is 0 Å². The lowest BCUT2D eigenvalue weighted by molar-refractivity contribution is -0.131. The van der Waals surface area contributed by atoms with Crippen molar-refractivity contribution in [3.63, 3.8) is 0 Å². The van der Waals surface area contributed by atoms with Crippen LogP contribution >= 0.6 is 0 Å². The minimum Gasteiger partial charge on any atom is -0.462 e. The summed E-state index contributed by atoms with van der Waals surface area (Å²) in [5.41, 5.74) is 0. The van der Waals surface area contributed by atoms with Crippen LogP contribution in [0, 0.1) is 11.8 Å². The number of nitrogens with zero attached hydrogens (tertiary/aromatic N) is 1. The van der Waals surface area contributed by atoms with Gasteiger partial charge in [-0.3, -0.25) is 4.79 Å². The van der Waals surface area contributed by atoms with Crippen molar-refractivity contribution in [3.05, 3.63) is 23.7 Å². The number of carbonyl (C=O) groups is 1. The maximum absolute atomic E-state index is 12.1. The highest BCUT2D eigenvalue weighted by Crippen LogP contribution is 2.26. The molecule has 1 N–H and O–H groups in total. The quantitative estimate of drug-likeness (QED) is 0.910. The molecule has 1 aliphatic rings. The summed E-state index contributed by atoms with van der Waals surface area (Å²) in [5, 5.41) is 8.98. The van der Waals surface area contributed by atoms with Gasteiger partial charge in [-0.1, -0.05) is 13.8 Å². The Morgan fingerprint density at radius 2 is 2.11 bits per heavy atom. The smallest absolute Gasteiger partial charge is 0.222 e. The zero-order valence-electron chi connectivity index (χ0n) is 11.8. The number of carbonyl (C=O) groups excluding carboxylic acids is 1. The average molecular weight is 265 g/mol. The van der Waals surface area contributed by atoms with E-state index in [1.807, 2.05) is 11.0 Å². The van der Waals surface area contributed by atoms with Crippen LogP contribution in [0.15, 0.2) is 16.5 Å². The standard InChI is InChI=1S/C15H23NO3/c1-11(2)12-3-6-15(18)16(8-7-12)9-13-4-5-14(10-17)19-13/h4-5,11-12,17H,3,6-10H2,1-2H3. The summed E-state index contributed by atoms with van der Waals surface area (Å²) in [6, 6.07) is 3.60. The van der Waals surface area contributed by atoms with E-state index in [0.717, 1.165) is 25.1 Å². The van der Waals surface area contributed by atoms with E-state index in [0.29, 0.717) is 30.6 Å². The summed E-state index contributed by atoms with van der Waals surface area (Å²) >= 11 is 0. The van der Waals surface area contributed by atoms with Gasteiger partial charge in [-0.05, 0) is 36.8 Å². The molecule has 4 heteroatoms. The largest absolute Gasteiger partial charge is 0.462 e. The third-order valence-corrected chi connectivity index (χ3v) is 4.01. The molecule has 1 aliphatic heterocycles. The fraction of sp³-hybridized carbons (Fsp3) is 0.667. The van der Waals surface area contributed by atoms with Crippen LogP contribution in [-0.2, 0) is 17.9 Å². The van der Waals surface area contributed by atoms with Crippen LogP contribution in [0.2, 0.25) is 0 Å². The summed E-state index contributed by atoms with van der Waals surface area (Å²) in [5.74, 6) is 2.79. The van der Waals surface area contributed by atoms with E-state index >= 15 is 0 Å². The van der Waals surface area contributed by atoms with E-state index in [4.69, 9.17) is 9.52 Å². The van der Waals surface area contributed by atoms with E-state index < -0.39 is 0 Å². The van der Waals surface area contributed by atoms with Gasteiger partial charge in [0.1, 0.15) is 18.1 Å².